The Morgan fingerprint density at radius 2 is 1.76 bits per heavy atom. The number of methoxy groups -OCH3 is 2. The zero-order valence-electron chi connectivity index (χ0n) is 15.5. The molecule has 1 unspecified atom stereocenters. The van der Waals surface area contributed by atoms with Gasteiger partial charge in [0.05, 0.1) is 20.3 Å². The van der Waals surface area contributed by atoms with E-state index in [4.69, 9.17) is 9.47 Å². The minimum absolute atomic E-state index is 0.00689. The number of nitrogens with one attached hydrogen (secondary N) is 1. The van der Waals surface area contributed by atoms with Crippen molar-refractivity contribution in [3.8, 4) is 11.5 Å². The molecule has 0 aliphatic rings. The molecule has 1 amide bonds. The van der Waals surface area contributed by atoms with Crippen LogP contribution in [0.3, 0.4) is 0 Å². The Morgan fingerprint density at radius 1 is 1.08 bits per heavy atom. The molecule has 0 radical (unpaired) electrons. The van der Waals surface area contributed by atoms with Crippen molar-refractivity contribution in [1.82, 2.24) is 10.2 Å². The number of benzene rings is 2. The fourth-order valence-corrected chi connectivity index (χ4v) is 2.77. The van der Waals surface area contributed by atoms with Crippen LogP contribution in [-0.4, -0.2) is 45.7 Å². The standard InChI is InChI=1S/C20H26N2O3/c1-14-10-11-15(12-19(14)25-5)20(23)21-13-17(22(2)3)16-8-6-7-9-18(16)24-4/h6-12,17H,13H2,1-5H3,(H,21,23). The lowest BCUT2D eigenvalue weighted by Gasteiger charge is -2.26. The van der Waals surface area contributed by atoms with E-state index in [1.54, 1.807) is 26.4 Å². The number of rotatable bonds is 7. The lowest BCUT2D eigenvalue weighted by molar-refractivity contribution is 0.0941. The average molecular weight is 342 g/mol. The van der Waals surface area contributed by atoms with Crippen molar-refractivity contribution >= 4 is 5.91 Å². The van der Waals surface area contributed by atoms with Crippen LogP contribution in [0.1, 0.15) is 27.5 Å². The van der Waals surface area contributed by atoms with Crippen molar-refractivity contribution < 1.29 is 14.3 Å². The van der Waals surface area contributed by atoms with Gasteiger partial charge in [0.2, 0.25) is 0 Å². The van der Waals surface area contributed by atoms with Crippen molar-refractivity contribution in [2.24, 2.45) is 0 Å². The second-order valence-electron chi connectivity index (χ2n) is 6.12. The molecule has 2 rings (SSSR count). The van der Waals surface area contributed by atoms with E-state index in [0.29, 0.717) is 17.9 Å². The summed E-state index contributed by atoms with van der Waals surface area (Å²) in [4.78, 5) is 14.6. The van der Waals surface area contributed by atoms with Gasteiger partial charge in [-0.1, -0.05) is 24.3 Å². The minimum atomic E-state index is -0.125. The summed E-state index contributed by atoms with van der Waals surface area (Å²) in [7, 11) is 7.23. The first-order valence-corrected chi connectivity index (χ1v) is 8.20. The molecule has 1 atom stereocenters. The van der Waals surface area contributed by atoms with Gasteiger partial charge in [0.15, 0.2) is 0 Å². The number of para-hydroxylation sites is 1. The van der Waals surface area contributed by atoms with Gasteiger partial charge in [0, 0.05) is 17.7 Å². The van der Waals surface area contributed by atoms with E-state index in [9.17, 15) is 4.79 Å². The molecule has 2 aromatic carbocycles. The first-order chi connectivity index (χ1) is 12.0. The number of hydrogen-bond acceptors (Lipinski definition) is 4. The number of nitrogens with zero attached hydrogens (tertiary/aromatic N) is 1. The van der Waals surface area contributed by atoms with Gasteiger partial charge >= 0.3 is 0 Å². The topological polar surface area (TPSA) is 50.8 Å². The molecule has 5 heteroatoms. The zero-order chi connectivity index (χ0) is 18.4. The summed E-state index contributed by atoms with van der Waals surface area (Å²) in [6.07, 6.45) is 0. The van der Waals surface area contributed by atoms with Crippen LogP contribution >= 0.6 is 0 Å². The Labute approximate surface area is 149 Å². The van der Waals surface area contributed by atoms with Crippen LogP contribution < -0.4 is 14.8 Å². The van der Waals surface area contributed by atoms with Crippen molar-refractivity contribution in [2.45, 2.75) is 13.0 Å². The van der Waals surface area contributed by atoms with Crippen LogP contribution in [0.15, 0.2) is 42.5 Å². The zero-order valence-corrected chi connectivity index (χ0v) is 15.5. The predicted octanol–water partition coefficient (Wildman–Crippen LogP) is 3.04. The summed E-state index contributed by atoms with van der Waals surface area (Å²) in [5.41, 5.74) is 2.62. The van der Waals surface area contributed by atoms with E-state index < -0.39 is 0 Å². The molecule has 0 saturated heterocycles. The average Bonchev–Trinajstić information content (AvgIpc) is 2.62. The Hall–Kier alpha value is -2.53. The van der Waals surface area contributed by atoms with Gasteiger partial charge in [-0.25, -0.2) is 0 Å². The fourth-order valence-electron chi connectivity index (χ4n) is 2.77. The summed E-state index contributed by atoms with van der Waals surface area (Å²) in [6.45, 7) is 2.42. The minimum Gasteiger partial charge on any atom is -0.496 e. The molecule has 0 spiro atoms. The largest absolute Gasteiger partial charge is 0.496 e. The maximum Gasteiger partial charge on any atom is 0.251 e. The Bertz CT molecular complexity index is 729. The Morgan fingerprint density at radius 3 is 2.40 bits per heavy atom. The summed E-state index contributed by atoms with van der Waals surface area (Å²) >= 11 is 0. The summed E-state index contributed by atoms with van der Waals surface area (Å²) in [5.74, 6) is 1.40. The molecule has 0 aromatic heterocycles. The molecule has 0 heterocycles. The van der Waals surface area contributed by atoms with E-state index >= 15 is 0 Å². The van der Waals surface area contributed by atoms with Crippen molar-refractivity contribution in [1.29, 1.82) is 0 Å². The lowest BCUT2D eigenvalue weighted by atomic mass is 10.0. The highest BCUT2D eigenvalue weighted by Crippen LogP contribution is 2.27. The quantitative estimate of drug-likeness (QED) is 0.840. The van der Waals surface area contributed by atoms with E-state index in [1.807, 2.05) is 51.4 Å². The molecule has 2 aromatic rings. The van der Waals surface area contributed by atoms with E-state index in [-0.39, 0.29) is 11.9 Å². The normalized spacial score (nSPS) is 11.9. The van der Waals surface area contributed by atoms with Crippen LogP contribution in [0.2, 0.25) is 0 Å². The van der Waals surface area contributed by atoms with Crippen LogP contribution in [0.4, 0.5) is 0 Å². The molecule has 0 saturated carbocycles. The Balaban J connectivity index is 2.15. The molecule has 0 fully saturated rings. The van der Waals surface area contributed by atoms with Crippen LogP contribution in [-0.2, 0) is 0 Å². The number of ether oxygens (including phenoxy) is 2. The monoisotopic (exact) mass is 342 g/mol. The van der Waals surface area contributed by atoms with Crippen molar-refractivity contribution in [3.63, 3.8) is 0 Å². The van der Waals surface area contributed by atoms with Crippen LogP contribution in [0, 0.1) is 6.92 Å². The van der Waals surface area contributed by atoms with Crippen LogP contribution in [0.5, 0.6) is 11.5 Å². The highest BCUT2D eigenvalue weighted by molar-refractivity contribution is 5.94. The number of aryl methyl sites for hydroxylation is 1. The molecule has 0 aliphatic heterocycles. The van der Waals surface area contributed by atoms with Crippen LogP contribution in [0.25, 0.3) is 0 Å². The summed E-state index contributed by atoms with van der Waals surface area (Å²) in [6, 6.07) is 13.3. The number of likely N-dealkylation sites (N-methyl/N-ethyl adjacent to an activating group) is 1. The van der Waals surface area contributed by atoms with Gasteiger partial charge in [0.1, 0.15) is 11.5 Å². The maximum atomic E-state index is 12.5. The number of hydrogen-bond donors (Lipinski definition) is 1. The molecule has 134 valence electrons. The van der Waals surface area contributed by atoms with E-state index in [2.05, 4.69) is 10.2 Å². The molecule has 25 heavy (non-hydrogen) atoms. The lowest BCUT2D eigenvalue weighted by Crippen LogP contribution is -2.34. The smallest absolute Gasteiger partial charge is 0.251 e. The fraction of sp³-hybridized carbons (Fsp3) is 0.350. The van der Waals surface area contributed by atoms with Gasteiger partial charge in [-0.15, -0.1) is 0 Å². The molecular weight excluding hydrogens is 316 g/mol. The highest BCUT2D eigenvalue weighted by Gasteiger charge is 2.19. The van der Waals surface area contributed by atoms with Gasteiger partial charge < -0.3 is 19.7 Å². The molecular formula is C20H26N2O3. The number of carbonyl (C=O) groups excluding carboxylic acids is 1. The molecule has 5 nitrogen and oxygen atoms in total. The third-order valence-electron chi connectivity index (χ3n) is 4.25. The predicted molar refractivity (Wildman–Crippen MR) is 99.5 cm³/mol. The highest BCUT2D eigenvalue weighted by atomic mass is 16.5. The summed E-state index contributed by atoms with van der Waals surface area (Å²) < 4.78 is 10.7. The number of amides is 1. The third kappa shape index (κ3) is 4.51. The second kappa shape index (κ2) is 8.53. The maximum absolute atomic E-state index is 12.5. The molecule has 1 N–H and O–H groups in total. The SMILES string of the molecule is COc1cc(C(=O)NCC(c2ccccc2OC)N(C)C)ccc1C. The Kier molecular flexibility index (Phi) is 6.42. The first kappa shape index (κ1) is 18.8. The first-order valence-electron chi connectivity index (χ1n) is 8.20. The van der Waals surface area contributed by atoms with Gasteiger partial charge in [0.25, 0.3) is 5.91 Å². The van der Waals surface area contributed by atoms with E-state index in [1.165, 1.54) is 0 Å². The van der Waals surface area contributed by atoms with Crippen molar-refractivity contribution in [2.75, 3.05) is 34.9 Å². The van der Waals surface area contributed by atoms with Gasteiger partial charge in [-0.05, 0) is 44.8 Å². The second-order valence-corrected chi connectivity index (χ2v) is 6.12. The summed E-state index contributed by atoms with van der Waals surface area (Å²) in [5, 5.41) is 3.01. The van der Waals surface area contributed by atoms with Crippen molar-refractivity contribution in [3.05, 3.63) is 59.2 Å². The number of carbonyl (C=O) groups is 1. The molecule has 0 bridgehead atoms. The van der Waals surface area contributed by atoms with Gasteiger partial charge in [-0.3, -0.25) is 4.79 Å². The molecule has 0 aliphatic carbocycles. The van der Waals surface area contributed by atoms with E-state index in [0.717, 1.165) is 16.9 Å². The third-order valence-corrected chi connectivity index (χ3v) is 4.25. The van der Waals surface area contributed by atoms with Gasteiger partial charge in [-0.2, -0.15) is 0 Å².